The summed E-state index contributed by atoms with van der Waals surface area (Å²) in [5.74, 6) is -9.60. The minimum absolute atomic E-state index is 0.0667. The van der Waals surface area contributed by atoms with Crippen molar-refractivity contribution in [3.63, 3.8) is 0 Å². The summed E-state index contributed by atoms with van der Waals surface area (Å²) in [5, 5.41) is 12.9. The van der Waals surface area contributed by atoms with E-state index >= 15 is 4.79 Å². The average molecular weight is 859 g/mol. The summed E-state index contributed by atoms with van der Waals surface area (Å²) >= 11 is 12.6. The number of amides is 4. The van der Waals surface area contributed by atoms with E-state index in [4.69, 9.17) is 27.9 Å². The third kappa shape index (κ3) is 6.23. The molecule has 2 heterocycles. The first kappa shape index (κ1) is 40.2. The van der Waals surface area contributed by atoms with Crippen LogP contribution in [0.2, 0.25) is 10.0 Å². The Bertz CT molecular complexity index is 2460. The van der Waals surface area contributed by atoms with E-state index < -0.39 is 87.8 Å². The van der Waals surface area contributed by atoms with Crippen molar-refractivity contribution in [3.05, 3.63) is 128 Å². The molecule has 2 aliphatic carbocycles. The zero-order chi connectivity index (χ0) is 42.5. The molecule has 4 aromatic rings. The van der Waals surface area contributed by atoms with Crippen LogP contribution in [-0.4, -0.2) is 40.9 Å². The van der Waals surface area contributed by atoms with E-state index in [0.717, 1.165) is 5.01 Å². The Morgan fingerprint density at radius 3 is 2.10 bits per heavy atom. The van der Waals surface area contributed by atoms with E-state index in [0.29, 0.717) is 39.5 Å². The number of alkyl halides is 6. The molecule has 1 saturated carbocycles. The fourth-order valence-electron chi connectivity index (χ4n) is 9.42. The van der Waals surface area contributed by atoms with Gasteiger partial charge in [0.25, 0.3) is 11.8 Å². The van der Waals surface area contributed by atoms with Crippen molar-refractivity contribution >= 4 is 58.2 Å². The Kier molecular flexibility index (Phi) is 9.58. The number of rotatable bonds is 6. The van der Waals surface area contributed by atoms with Gasteiger partial charge in [-0.15, -0.1) is 0 Å². The Morgan fingerprint density at radius 1 is 0.831 bits per heavy atom. The number of halogens is 8. The maximum absolute atomic E-state index is 15.4. The highest BCUT2D eigenvalue weighted by atomic mass is 35.5. The Morgan fingerprint density at radius 2 is 1.49 bits per heavy atom. The van der Waals surface area contributed by atoms with Gasteiger partial charge >= 0.3 is 12.4 Å². The van der Waals surface area contributed by atoms with Crippen LogP contribution in [-0.2, 0) is 36.9 Å². The molecule has 2 saturated heterocycles. The summed E-state index contributed by atoms with van der Waals surface area (Å²) < 4.78 is 89.1. The molecule has 3 fully saturated rings. The molecule has 306 valence electrons. The quantitative estimate of drug-likeness (QED) is 0.113. The van der Waals surface area contributed by atoms with Gasteiger partial charge in [-0.2, -0.15) is 31.4 Å². The number of fused-ring (bicyclic) bond motifs is 4. The highest BCUT2D eigenvalue weighted by Gasteiger charge is 2.71. The lowest BCUT2D eigenvalue weighted by molar-refractivity contribution is -0.143. The fraction of sp³-hybridized carbons (Fsp3) is 0.286. The number of methoxy groups -OCH3 is 1. The number of carbonyl (C=O) groups is 4. The highest BCUT2D eigenvalue weighted by Crippen LogP contribution is 2.65. The number of phenolic OH excluding ortho intramolecular Hbond substituents is 1. The second-order valence-electron chi connectivity index (χ2n) is 15.0. The molecule has 4 aromatic carbocycles. The number of nitrogens with zero attached hydrogens (tertiary/aromatic N) is 2. The molecule has 4 amide bonds. The maximum atomic E-state index is 15.4. The molecule has 59 heavy (non-hydrogen) atoms. The Hall–Kier alpha value is -5.54. The number of carbonyl (C=O) groups excluding carboxylic acids is 4. The number of aryl methyl sites for hydroxylation is 1. The lowest BCUT2D eigenvalue weighted by Crippen LogP contribution is -2.53. The van der Waals surface area contributed by atoms with Gasteiger partial charge in [0.15, 0.2) is 0 Å². The van der Waals surface area contributed by atoms with Crippen molar-refractivity contribution in [2.45, 2.75) is 43.5 Å². The summed E-state index contributed by atoms with van der Waals surface area (Å²) in [6, 6.07) is 16.1. The third-order valence-electron chi connectivity index (χ3n) is 12.0. The van der Waals surface area contributed by atoms with E-state index in [1.165, 1.54) is 25.3 Å². The smallest absolute Gasteiger partial charge is 0.416 e. The van der Waals surface area contributed by atoms with Gasteiger partial charge in [0.1, 0.15) is 11.5 Å². The van der Waals surface area contributed by atoms with Gasteiger partial charge in [0.05, 0.1) is 57.8 Å². The van der Waals surface area contributed by atoms with Gasteiger partial charge in [-0.05, 0) is 85.3 Å². The van der Waals surface area contributed by atoms with E-state index in [1.807, 2.05) is 0 Å². The Labute approximate surface area is 342 Å². The van der Waals surface area contributed by atoms with Crippen LogP contribution >= 0.6 is 23.2 Å². The summed E-state index contributed by atoms with van der Waals surface area (Å²) in [6.07, 6.45) is -9.34. The number of allylic oxidation sites excluding steroid dienone is 2. The van der Waals surface area contributed by atoms with Gasteiger partial charge in [-0.1, -0.05) is 65.2 Å². The topological polar surface area (TPSA) is 116 Å². The molecule has 2 N–H and O–H groups in total. The monoisotopic (exact) mass is 857 g/mol. The zero-order valence-corrected chi connectivity index (χ0v) is 32.3. The number of benzene rings is 4. The predicted molar refractivity (Wildman–Crippen MR) is 202 cm³/mol. The van der Waals surface area contributed by atoms with Crippen LogP contribution in [0.4, 0.5) is 37.7 Å². The number of aromatic hydroxyl groups is 1. The third-order valence-corrected chi connectivity index (χ3v) is 12.5. The van der Waals surface area contributed by atoms with E-state index in [9.17, 15) is 45.8 Å². The van der Waals surface area contributed by atoms with Crippen LogP contribution in [0.25, 0.3) is 0 Å². The molecule has 0 spiro atoms. The van der Waals surface area contributed by atoms with Crippen LogP contribution in [0.15, 0.2) is 90.5 Å². The van der Waals surface area contributed by atoms with Crippen LogP contribution in [0.1, 0.15) is 46.6 Å². The number of imide groups is 2. The predicted octanol–water partition coefficient (Wildman–Crippen LogP) is 9.24. The number of para-hydroxylation sites is 1. The largest absolute Gasteiger partial charge is 0.507 e. The maximum Gasteiger partial charge on any atom is 0.416 e. The van der Waals surface area contributed by atoms with Crippen molar-refractivity contribution in [3.8, 4) is 11.5 Å². The van der Waals surface area contributed by atoms with Crippen LogP contribution in [0, 0.1) is 30.6 Å². The number of phenols is 1. The van der Waals surface area contributed by atoms with Crippen LogP contribution < -0.4 is 15.1 Å². The standard InChI is InChI=1S/C42H31Cl2F6N3O6/c1-19-4-3-5-28(35(19)54)34-26-11-12-27-33(38(57)52(36(27)55)24-15-21(41(45,46)47)14-22(16-24)42(48,49)50)29(26)18-30-37(56)53(51-32-13-8-23(43)17-31(32)44)39(58)40(30,34)20-6-9-25(59-2)10-7-20/h3-11,13-17,27,29-30,33-34,51,54H,12,18H2,1-2H3. The summed E-state index contributed by atoms with van der Waals surface area (Å²) in [4.78, 5) is 59.3. The van der Waals surface area contributed by atoms with Crippen molar-refractivity contribution in [2.24, 2.45) is 23.7 Å². The van der Waals surface area contributed by atoms with E-state index in [-0.39, 0.29) is 46.0 Å². The van der Waals surface area contributed by atoms with Gasteiger partial charge < -0.3 is 9.84 Å². The zero-order valence-electron chi connectivity index (χ0n) is 30.8. The van der Waals surface area contributed by atoms with Gasteiger partial charge in [0.2, 0.25) is 11.8 Å². The van der Waals surface area contributed by atoms with Gasteiger partial charge in [-0.3, -0.25) is 24.6 Å². The second-order valence-corrected chi connectivity index (χ2v) is 15.8. The first-order valence-corrected chi connectivity index (χ1v) is 18.9. The van der Waals surface area contributed by atoms with Crippen LogP contribution in [0.3, 0.4) is 0 Å². The van der Waals surface area contributed by atoms with Crippen LogP contribution in [0.5, 0.6) is 11.5 Å². The lowest BCUT2D eigenvalue weighted by Gasteiger charge is -2.50. The van der Waals surface area contributed by atoms with Gasteiger partial charge in [0, 0.05) is 16.5 Å². The first-order valence-electron chi connectivity index (χ1n) is 18.2. The molecule has 9 nitrogen and oxygen atoms in total. The van der Waals surface area contributed by atoms with Crippen molar-refractivity contribution in [1.29, 1.82) is 0 Å². The summed E-state index contributed by atoms with van der Waals surface area (Å²) in [5.41, 5.74) is -1.87. The fourth-order valence-corrected chi connectivity index (χ4v) is 9.88. The number of nitrogens with one attached hydrogen (secondary N) is 1. The first-order chi connectivity index (χ1) is 27.8. The number of ether oxygens (including phenoxy) is 1. The van der Waals surface area contributed by atoms with E-state index in [2.05, 4.69) is 5.43 Å². The normalized spacial score (nSPS) is 25.5. The molecule has 2 aliphatic heterocycles. The molecular weight excluding hydrogens is 827 g/mol. The van der Waals surface area contributed by atoms with Gasteiger partial charge in [-0.25, -0.2) is 4.90 Å². The molecule has 17 heteroatoms. The summed E-state index contributed by atoms with van der Waals surface area (Å²) in [6.45, 7) is 1.63. The number of hydrogen-bond acceptors (Lipinski definition) is 7. The molecule has 4 aliphatic rings. The molecule has 6 atom stereocenters. The molecule has 6 unspecified atom stereocenters. The van der Waals surface area contributed by atoms with E-state index in [1.54, 1.807) is 55.5 Å². The lowest BCUT2D eigenvalue weighted by atomic mass is 9.49. The SMILES string of the molecule is COc1ccc(C23C(=O)N(Nc4ccc(Cl)cc4Cl)C(=O)C2CC2C(=CCC4C(=O)N(c5cc(C(F)(F)F)cc(C(F)(F)F)c5)C(=O)C42)C3c2cccc(C)c2O)cc1. The number of hydrazine groups is 1. The number of anilines is 2. The minimum Gasteiger partial charge on any atom is -0.507 e. The molecular formula is C42H31Cl2F6N3O6. The highest BCUT2D eigenvalue weighted by molar-refractivity contribution is 6.36. The minimum atomic E-state index is -5.26. The summed E-state index contributed by atoms with van der Waals surface area (Å²) in [7, 11) is 1.44. The van der Waals surface area contributed by atoms with Crippen molar-refractivity contribution in [2.75, 3.05) is 17.4 Å². The van der Waals surface area contributed by atoms with Crippen molar-refractivity contribution < 1.29 is 55.4 Å². The molecule has 0 bridgehead atoms. The average Bonchev–Trinajstić information content (AvgIpc) is 3.56. The van der Waals surface area contributed by atoms with Crippen molar-refractivity contribution in [1.82, 2.24) is 5.01 Å². The molecule has 0 radical (unpaired) electrons. The molecule has 8 rings (SSSR count). The number of hydrogen-bond donors (Lipinski definition) is 2. The second kappa shape index (κ2) is 14.0. The Balaban J connectivity index is 1.32. The molecule has 0 aromatic heterocycles.